The Morgan fingerprint density at radius 1 is 1.54 bits per heavy atom. The van der Waals surface area contributed by atoms with Crippen LogP contribution < -0.4 is 5.73 Å². The van der Waals surface area contributed by atoms with Crippen LogP contribution in [0.4, 0.5) is 0 Å². The number of primary amides is 1. The third-order valence-corrected chi connectivity index (χ3v) is 2.61. The van der Waals surface area contributed by atoms with Crippen molar-refractivity contribution in [3.8, 4) is 0 Å². The lowest BCUT2D eigenvalue weighted by molar-refractivity contribution is 0.100. The molecule has 0 saturated carbocycles. The van der Waals surface area contributed by atoms with Crippen molar-refractivity contribution >= 4 is 39.9 Å². The van der Waals surface area contributed by atoms with E-state index in [1.54, 1.807) is 12.3 Å². The molecule has 1 amide bonds. The van der Waals surface area contributed by atoms with Crippen molar-refractivity contribution in [3.05, 3.63) is 29.3 Å². The van der Waals surface area contributed by atoms with Crippen LogP contribution in [0.3, 0.4) is 0 Å². The van der Waals surface area contributed by atoms with E-state index in [-0.39, 0.29) is 12.4 Å². The standard InChI is InChI=1S/C8H6N2OS.ClH/c9-7(11)6-4-5-2-1-3-10-8(5)12-6;/h1-4H,(H2,9,11);1H. The van der Waals surface area contributed by atoms with E-state index in [1.807, 2.05) is 12.1 Å². The Kier molecular flexibility index (Phi) is 2.85. The zero-order valence-corrected chi connectivity index (χ0v) is 8.19. The first-order valence-corrected chi connectivity index (χ1v) is 4.23. The maximum atomic E-state index is 10.8. The van der Waals surface area contributed by atoms with Crippen LogP contribution in [0.2, 0.25) is 0 Å². The Labute approximate surface area is 85.0 Å². The van der Waals surface area contributed by atoms with Crippen LogP contribution in [0.25, 0.3) is 10.2 Å². The quantitative estimate of drug-likeness (QED) is 0.787. The molecule has 13 heavy (non-hydrogen) atoms. The van der Waals surface area contributed by atoms with E-state index in [2.05, 4.69) is 4.98 Å². The van der Waals surface area contributed by atoms with Crippen LogP contribution in [0, 0.1) is 0 Å². The summed E-state index contributed by atoms with van der Waals surface area (Å²) in [6, 6.07) is 5.50. The number of hydrogen-bond donors (Lipinski definition) is 1. The van der Waals surface area contributed by atoms with Crippen molar-refractivity contribution in [3.63, 3.8) is 0 Å². The maximum absolute atomic E-state index is 10.8. The van der Waals surface area contributed by atoms with Gasteiger partial charge in [-0.1, -0.05) is 6.07 Å². The first-order chi connectivity index (χ1) is 5.77. The van der Waals surface area contributed by atoms with E-state index in [0.717, 1.165) is 10.2 Å². The number of nitrogens with zero attached hydrogens (tertiary/aromatic N) is 1. The Balaban J connectivity index is 0.000000845. The van der Waals surface area contributed by atoms with Gasteiger partial charge in [0, 0.05) is 11.6 Å². The topological polar surface area (TPSA) is 56.0 Å². The summed E-state index contributed by atoms with van der Waals surface area (Å²) in [5.74, 6) is -0.391. The zero-order valence-electron chi connectivity index (χ0n) is 6.56. The fourth-order valence-corrected chi connectivity index (χ4v) is 1.85. The highest BCUT2D eigenvalue weighted by atomic mass is 35.5. The smallest absolute Gasteiger partial charge is 0.258 e. The minimum atomic E-state index is -0.391. The van der Waals surface area contributed by atoms with Gasteiger partial charge in [0.25, 0.3) is 5.91 Å². The molecule has 0 radical (unpaired) electrons. The summed E-state index contributed by atoms with van der Waals surface area (Å²) in [6.45, 7) is 0. The fraction of sp³-hybridized carbons (Fsp3) is 0. The summed E-state index contributed by atoms with van der Waals surface area (Å²) in [7, 11) is 0. The predicted molar refractivity (Wildman–Crippen MR) is 55.4 cm³/mol. The Bertz CT molecular complexity index is 407. The molecule has 2 N–H and O–H groups in total. The van der Waals surface area contributed by atoms with Crippen molar-refractivity contribution in [2.75, 3.05) is 0 Å². The molecule has 0 aliphatic heterocycles. The fourth-order valence-electron chi connectivity index (χ4n) is 0.995. The Hall–Kier alpha value is -1.13. The molecule has 0 unspecified atom stereocenters. The van der Waals surface area contributed by atoms with Gasteiger partial charge in [0.15, 0.2) is 0 Å². The molecular formula is C8H7ClN2OS. The lowest BCUT2D eigenvalue weighted by Crippen LogP contribution is -2.07. The molecule has 0 atom stereocenters. The van der Waals surface area contributed by atoms with E-state index in [1.165, 1.54) is 11.3 Å². The van der Waals surface area contributed by atoms with Gasteiger partial charge in [0.05, 0.1) is 4.88 Å². The van der Waals surface area contributed by atoms with Gasteiger partial charge in [0.1, 0.15) is 4.83 Å². The highest BCUT2D eigenvalue weighted by Crippen LogP contribution is 2.22. The highest BCUT2D eigenvalue weighted by molar-refractivity contribution is 7.20. The number of rotatable bonds is 1. The summed E-state index contributed by atoms with van der Waals surface area (Å²) in [6.07, 6.45) is 1.70. The van der Waals surface area contributed by atoms with Crippen molar-refractivity contribution in [1.29, 1.82) is 0 Å². The van der Waals surface area contributed by atoms with Gasteiger partial charge >= 0.3 is 0 Å². The first-order valence-electron chi connectivity index (χ1n) is 3.42. The van der Waals surface area contributed by atoms with Gasteiger partial charge in [0.2, 0.25) is 0 Å². The lowest BCUT2D eigenvalue weighted by Gasteiger charge is -1.81. The number of pyridine rings is 1. The van der Waals surface area contributed by atoms with Crippen molar-refractivity contribution in [2.24, 2.45) is 5.73 Å². The number of halogens is 1. The Morgan fingerprint density at radius 2 is 2.31 bits per heavy atom. The van der Waals surface area contributed by atoms with Gasteiger partial charge in [-0.25, -0.2) is 4.98 Å². The minimum Gasteiger partial charge on any atom is -0.365 e. The second-order valence-corrected chi connectivity index (χ2v) is 3.40. The molecule has 2 rings (SSSR count). The molecule has 0 aliphatic carbocycles. The molecule has 0 aliphatic rings. The molecule has 2 aromatic rings. The van der Waals surface area contributed by atoms with E-state index < -0.39 is 5.91 Å². The summed E-state index contributed by atoms with van der Waals surface area (Å²) < 4.78 is 0. The highest BCUT2D eigenvalue weighted by Gasteiger charge is 2.05. The van der Waals surface area contributed by atoms with Gasteiger partial charge in [-0.05, 0) is 12.1 Å². The van der Waals surface area contributed by atoms with Crippen LogP contribution in [0.15, 0.2) is 24.4 Å². The third kappa shape index (κ3) is 1.79. The molecule has 0 aromatic carbocycles. The van der Waals surface area contributed by atoms with Gasteiger partial charge in [-0.3, -0.25) is 4.79 Å². The molecular weight excluding hydrogens is 208 g/mol. The number of thiophene rings is 1. The Morgan fingerprint density at radius 3 is 2.92 bits per heavy atom. The molecule has 2 heterocycles. The SMILES string of the molecule is Cl.NC(=O)c1cc2cccnc2s1. The molecule has 68 valence electrons. The summed E-state index contributed by atoms with van der Waals surface area (Å²) in [4.78, 5) is 16.3. The lowest BCUT2D eigenvalue weighted by atomic mass is 10.3. The van der Waals surface area contributed by atoms with Crippen molar-refractivity contribution in [2.45, 2.75) is 0 Å². The molecule has 0 spiro atoms. The van der Waals surface area contributed by atoms with Crippen molar-refractivity contribution in [1.82, 2.24) is 4.98 Å². The normalized spacial score (nSPS) is 9.54. The number of hydrogen-bond acceptors (Lipinski definition) is 3. The monoisotopic (exact) mass is 214 g/mol. The van der Waals surface area contributed by atoms with Crippen LogP contribution in [-0.2, 0) is 0 Å². The minimum absolute atomic E-state index is 0. The molecule has 0 fully saturated rings. The number of amides is 1. The summed E-state index contributed by atoms with van der Waals surface area (Å²) in [5, 5.41) is 0.969. The first kappa shape index (κ1) is 9.95. The second-order valence-electron chi connectivity index (χ2n) is 2.37. The van der Waals surface area contributed by atoms with E-state index in [9.17, 15) is 4.79 Å². The molecule has 0 bridgehead atoms. The number of carbonyl (C=O) groups is 1. The van der Waals surface area contributed by atoms with E-state index >= 15 is 0 Å². The summed E-state index contributed by atoms with van der Waals surface area (Å²) in [5.41, 5.74) is 5.12. The molecule has 0 saturated heterocycles. The molecule has 3 nitrogen and oxygen atoms in total. The van der Waals surface area contributed by atoms with Crippen LogP contribution in [0.5, 0.6) is 0 Å². The van der Waals surface area contributed by atoms with E-state index in [0.29, 0.717) is 4.88 Å². The number of aromatic nitrogens is 1. The van der Waals surface area contributed by atoms with Crippen LogP contribution in [0.1, 0.15) is 9.67 Å². The molecule has 5 heteroatoms. The molecule has 2 aromatic heterocycles. The van der Waals surface area contributed by atoms with Gasteiger partial charge in [-0.15, -0.1) is 23.7 Å². The third-order valence-electron chi connectivity index (χ3n) is 1.54. The van der Waals surface area contributed by atoms with E-state index in [4.69, 9.17) is 5.73 Å². The van der Waals surface area contributed by atoms with Gasteiger partial charge in [-0.2, -0.15) is 0 Å². The number of fused-ring (bicyclic) bond motifs is 1. The van der Waals surface area contributed by atoms with Crippen LogP contribution >= 0.6 is 23.7 Å². The summed E-state index contributed by atoms with van der Waals surface area (Å²) >= 11 is 1.32. The number of nitrogens with two attached hydrogens (primary N) is 1. The average molecular weight is 215 g/mol. The van der Waals surface area contributed by atoms with Crippen molar-refractivity contribution < 1.29 is 4.79 Å². The zero-order chi connectivity index (χ0) is 8.55. The van der Waals surface area contributed by atoms with Crippen LogP contribution in [-0.4, -0.2) is 10.9 Å². The predicted octanol–water partition coefficient (Wildman–Crippen LogP) is 1.82. The average Bonchev–Trinajstić information content (AvgIpc) is 2.46. The van der Waals surface area contributed by atoms with Gasteiger partial charge < -0.3 is 5.73 Å². The second kappa shape index (κ2) is 3.72. The number of carbonyl (C=O) groups excluding carboxylic acids is 1. The maximum Gasteiger partial charge on any atom is 0.258 e. The largest absolute Gasteiger partial charge is 0.365 e.